The van der Waals surface area contributed by atoms with Crippen LogP contribution in [0.2, 0.25) is 5.15 Å². The van der Waals surface area contributed by atoms with E-state index in [0.717, 1.165) is 12.0 Å². The van der Waals surface area contributed by atoms with Crippen LogP contribution in [-0.4, -0.2) is 39.9 Å². The molecule has 6 nitrogen and oxygen atoms in total. The Morgan fingerprint density at radius 3 is 3.00 bits per heavy atom. The fraction of sp³-hybridized carbons (Fsp3) is 0.500. The molecule has 0 N–H and O–H groups in total. The van der Waals surface area contributed by atoms with Crippen LogP contribution in [0.4, 0.5) is 0 Å². The van der Waals surface area contributed by atoms with Gasteiger partial charge in [0.1, 0.15) is 11.5 Å². The summed E-state index contributed by atoms with van der Waals surface area (Å²) in [5, 5.41) is 4.43. The van der Waals surface area contributed by atoms with Gasteiger partial charge in [0, 0.05) is 25.7 Å². The van der Waals surface area contributed by atoms with E-state index >= 15 is 0 Å². The third kappa shape index (κ3) is 2.48. The van der Waals surface area contributed by atoms with Crippen LogP contribution in [0.3, 0.4) is 0 Å². The molecular formula is C10H13ClN4O2. The zero-order chi connectivity index (χ0) is 12.3. The molecule has 7 heteroatoms. The van der Waals surface area contributed by atoms with Crippen LogP contribution in [0, 0.1) is 6.92 Å². The summed E-state index contributed by atoms with van der Waals surface area (Å²) in [7, 11) is 1.66. The van der Waals surface area contributed by atoms with Crippen molar-refractivity contribution in [1.82, 2.24) is 19.6 Å². The third-order valence-electron chi connectivity index (χ3n) is 2.28. The Labute approximate surface area is 104 Å². The smallest absolute Gasteiger partial charge is 0.256 e. The van der Waals surface area contributed by atoms with E-state index in [1.54, 1.807) is 7.11 Å². The molecule has 0 aliphatic heterocycles. The Morgan fingerprint density at radius 2 is 2.24 bits per heavy atom. The third-order valence-corrected chi connectivity index (χ3v) is 2.65. The summed E-state index contributed by atoms with van der Waals surface area (Å²) in [6.45, 7) is 3.02. The van der Waals surface area contributed by atoms with Crippen molar-refractivity contribution < 1.29 is 9.47 Å². The van der Waals surface area contributed by atoms with E-state index < -0.39 is 0 Å². The largest absolute Gasteiger partial charge is 0.477 e. The van der Waals surface area contributed by atoms with Gasteiger partial charge in [-0.2, -0.15) is 19.6 Å². The minimum absolute atomic E-state index is 0.382. The van der Waals surface area contributed by atoms with E-state index in [0.29, 0.717) is 30.0 Å². The summed E-state index contributed by atoms with van der Waals surface area (Å²) in [5.41, 5.74) is 0.752. The Hall–Kier alpha value is -1.40. The molecule has 92 valence electrons. The van der Waals surface area contributed by atoms with Crippen molar-refractivity contribution in [1.29, 1.82) is 0 Å². The number of fused-ring (bicyclic) bond motifs is 1. The number of hydrogen-bond acceptors (Lipinski definition) is 5. The Bertz CT molecular complexity index is 514. The summed E-state index contributed by atoms with van der Waals surface area (Å²) >= 11 is 5.99. The van der Waals surface area contributed by atoms with Gasteiger partial charge in [0.05, 0.1) is 6.61 Å². The molecule has 2 aromatic rings. The molecular weight excluding hydrogens is 244 g/mol. The molecule has 0 bridgehead atoms. The second-order valence-corrected chi connectivity index (χ2v) is 3.86. The van der Waals surface area contributed by atoms with E-state index in [1.807, 2.05) is 6.92 Å². The van der Waals surface area contributed by atoms with Crippen LogP contribution in [0.1, 0.15) is 12.0 Å². The molecule has 2 heterocycles. The maximum atomic E-state index is 5.99. The zero-order valence-corrected chi connectivity index (χ0v) is 10.4. The van der Waals surface area contributed by atoms with Crippen molar-refractivity contribution in [2.75, 3.05) is 20.3 Å². The van der Waals surface area contributed by atoms with E-state index in [9.17, 15) is 0 Å². The second kappa shape index (κ2) is 5.29. The van der Waals surface area contributed by atoms with Gasteiger partial charge in [-0.25, -0.2) is 0 Å². The fourth-order valence-corrected chi connectivity index (χ4v) is 1.57. The number of halogens is 1. The highest BCUT2D eigenvalue weighted by atomic mass is 35.5. The quantitative estimate of drug-likeness (QED) is 0.599. The Balaban J connectivity index is 2.24. The lowest BCUT2D eigenvalue weighted by Crippen LogP contribution is -2.08. The standard InChI is InChI=1S/C10H13ClN4O2/c1-7-8(11)14-10-12-6-13-15(10)9(7)17-5-3-4-16-2/h6H,3-5H2,1-2H3. The molecule has 2 rings (SSSR count). The van der Waals surface area contributed by atoms with Gasteiger partial charge in [-0.05, 0) is 6.92 Å². The molecule has 0 aromatic carbocycles. The SMILES string of the molecule is COCCCOc1c(C)c(Cl)nc2ncnn12. The number of methoxy groups -OCH3 is 1. The topological polar surface area (TPSA) is 61.5 Å². The molecule has 0 radical (unpaired) electrons. The summed E-state index contributed by atoms with van der Waals surface area (Å²) < 4.78 is 12.1. The lowest BCUT2D eigenvalue weighted by atomic mass is 10.4. The van der Waals surface area contributed by atoms with Gasteiger partial charge in [-0.15, -0.1) is 0 Å². The molecule has 2 aromatic heterocycles. The molecule has 17 heavy (non-hydrogen) atoms. The molecule has 0 aliphatic rings. The van der Waals surface area contributed by atoms with Gasteiger partial charge in [-0.1, -0.05) is 11.6 Å². The van der Waals surface area contributed by atoms with Crippen LogP contribution < -0.4 is 4.74 Å². The molecule has 0 unspecified atom stereocenters. The molecule has 0 spiro atoms. The zero-order valence-electron chi connectivity index (χ0n) is 9.68. The van der Waals surface area contributed by atoms with Gasteiger partial charge < -0.3 is 9.47 Å². The minimum atomic E-state index is 0.382. The number of nitrogens with zero attached hydrogens (tertiary/aromatic N) is 4. The highest BCUT2D eigenvalue weighted by Gasteiger charge is 2.13. The van der Waals surface area contributed by atoms with Crippen molar-refractivity contribution in [2.45, 2.75) is 13.3 Å². The first kappa shape index (κ1) is 12.1. The minimum Gasteiger partial charge on any atom is -0.477 e. The van der Waals surface area contributed by atoms with Gasteiger partial charge in [0.15, 0.2) is 0 Å². The number of rotatable bonds is 5. The van der Waals surface area contributed by atoms with Crippen LogP contribution in [0.5, 0.6) is 5.88 Å². The molecule has 0 amide bonds. The normalized spacial score (nSPS) is 11.0. The first-order valence-corrected chi connectivity index (χ1v) is 5.59. The van der Waals surface area contributed by atoms with Gasteiger partial charge in [-0.3, -0.25) is 0 Å². The fourth-order valence-electron chi connectivity index (χ4n) is 1.42. The van der Waals surface area contributed by atoms with Crippen LogP contribution in [-0.2, 0) is 4.74 Å². The molecule has 0 saturated carbocycles. The number of ether oxygens (including phenoxy) is 2. The number of aromatic nitrogens is 4. The average molecular weight is 257 g/mol. The lowest BCUT2D eigenvalue weighted by Gasteiger charge is -2.10. The van der Waals surface area contributed by atoms with Gasteiger partial charge >= 0.3 is 0 Å². The van der Waals surface area contributed by atoms with Crippen molar-refractivity contribution >= 4 is 17.4 Å². The van der Waals surface area contributed by atoms with Crippen molar-refractivity contribution in [3.8, 4) is 5.88 Å². The summed E-state index contributed by atoms with van der Waals surface area (Å²) in [4.78, 5) is 8.07. The van der Waals surface area contributed by atoms with Crippen LogP contribution in [0.25, 0.3) is 5.78 Å². The molecule has 0 saturated heterocycles. The van der Waals surface area contributed by atoms with Crippen molar-refractivity contribution in [3.63, 3.8) is 0 Å². The molecule has 0 fully saturated rings. The summed E-state index contributed by atoms with van der Waals surface area (Å²) in [5.74, 6) is 1.01. The highest BCUT2D eigenvalue weighted by molar-refractivity contribution is 6.30. The van der Waals surface area contributed by atoms with Gasteiger partial charge in [0.2, 0.25) is 5.88 Å². The lowest BCUT2D eigenvalue weighted by molar-refractivity contribution is 0.169. The number of hydrogen-bond donors (Lipinski definition) is 0. The predicted octanol–water partition coefficient (Wildman–Crippen LogP) is 1.50. The van der Waals surface area contributed by atoms with E-state index in [-0.39, 0.29) is 0 Å². The molecule has 0 aliphatic carbocycles. The van der Waals surface area contributed by atoms with Crippen molar-refractivity contribution in [3.05, 3.63) is 17.0 Å². The monoisotopic (exact) mass is 256 g/mol. The van der Waals surface area contributed by atoms with Crippen molar-refractivity contribution in [2.24, 2.45) is 0 Å². The van der Waals surface area contributed by atoms with Crippen LogP contribution in [0.15, 0.2) is 6.33 Å². The summed E-state index contributed by atoms with van der Waals surface area (Å²) in [6.07, 6.45) is 2.21. The maximum Gasteiger partial charge on any atom is 0.256 e. The summed E-state index contributed by atoms with van der Waals surface area (Å²) in [6, 6.07) is 0. The highest BCUT2D eigenvalue weighted by Crippen LogP contribution is 2.24. The Kier molecular flexibility index (Phi) is 3.75. The predicted molar refractivity (Wildman–Crippen MR) is 62.5 cm³/mol. The van der Waals surface area contributed by atoms with E-state index in [1.165, 1.54) is 10.8 Å². The molecule has 0 atom stereocenters. The van der Waals surface area contributed by atoms with Crippen LogP contribution >= 0.6 is 11.6 Å². The van der Waals surface area contributed by atoms with Gasteiger partial charge in [0.25, 0.3) is 5.78 Å². The second-order valence-electron chi connectivity index (χ2n) is 3.50. The van der Waals surface area contributed by atoms with E-state index in [2.05, 4.69) is 15.1 Å². The first-order valence-electron chi connectivity index (χ1n) is 5.21. The Morgan fingerprint density at radius 1 is 1.41 bits per heavy atom. The maximum absolute atomic E-state index is 5.99. The average Bonchev–Trinajstić information content (AvgIpc) is 2.76. The first-order chi connectivity index (χ1) is 8.24. The van der Waals surface area contributed by atoms with E-state index in [4.69, 9.17) is 21.1 Å².